The van der Waals surface area contributed by atoms with Crippen LogP contribution in [-0.2, 0) is 0 Å². The molecule has 0 spiro atoms. The Hall–Kier alpha value is 0. The highest BCUT2D eigenvalue weighted by Gasteiger charge is 2.01. The third-order valence-corrected chi connectivity index (χ3v) is 2.36. The van der Waals surface area contributed by atoms with Crippen molar-refractivity contribution in [3.63, 3.8) is 0 Å². The third-order valence-electron chi connectivity index (χ3n) is 2.36. The Morgan fingerprint density at radius 2 is 1.58 bits per heavy atom. The minimum absolute atomic E-state index is 0.712. The van der Waals surface area contributed by atoms with Gasteiger partial charge in [-0.25, -0.2) is 0 Å². The Bertz CT molecular complexity index is 84.0. The standard InChI is InChI=1S/C12H25/c1-5-6-9-12(4)10-7-8-11(2)3/h11-12H,4-10H2,1-3H3. The van der Waals surface area contributed by atoms with Crippen LogP contribution in [0.1, 0.15) is 59.3 Å². The fourth-order valence-electron chi connectivity index (χ4n) is 1.45. The summed E-state index contributed by atoms with van der Waals surface area (Å²) in [6, 6.07) is 0. The van der Waals surface area contributed by atoms with Crippen molar-refractivity contribution in [2.24, 2.45) is 11.8 Å². The average Bonchev–Trinajstić information content (AvgIpc) is 2.00. The Kier molecular flexibility index (Phi) is 7.64. The van der Waals surface area contributed by atoms with Crippen molar-refractivity contribution >= 4 is 0 Å². The predicted molar refractivity (Wildman–Crippen MR) is 57.1 cm³/mol. The molecule has 12 heavy (non-hydrogen) atoms. The molecule has 0 amide bonds. The van der Waals surface area contributed by atoms with E-state index in [4.69, 9.17) is 0 Å². The lowest BCUT2D eigenvalue weighted by Crippen LogP contribution is -1.96. The summed E-state index contributed by atoms with van der Waals surface area (Å²) in [5.41, 5.74) is 0. The van der Waals surface area contributed by atoms with Crippen molar-refractivity contribution in [1.82, 2.24) is 0 Å². The maximum atomic E-state index is 4.17. The van der Waals surface area contributed by atoms with Gasteiger partial charge in [-0.2, -0.15) is 0 Å². The van der Waals surface area contributed by atoms with Gasteiger partial charge in [0, 0.05) is 0 Å². The maximum Gasteiger partial charge on any atom is -0.0414 e. The molecule has 0 saturated carbocycles. The Morgan fingerprint density at radius 1 is 1.00 bits per heavy atom. The summed E-state index contributed by atoms with van der Waals surface area (Å²) < 4.78 is 0. The molecule has 0 nitrogen and oxygen atoms in total. The summed E-state index contributed by atoms with van der Waals surface area (Å²) in [6.45, 7) is 11.0. The lowest BCUT2D eigenvalue weighted by atomic mass is 9.96. The van der Waals surface area contributed by atoms with Gasteiger partial charge >= 0.3 is 0 Å². The summed E-state index contributed by atoms with van der Waals surface area (Å²) in [7, 11) is 0. The molecule has 1 radical (unpaired) electrons. The Morgan fingerprint density at radius 3 is 2.08 bits per heavy atom. The van der Waals surface area contributed by atoms with Crippen LogP contribution < -0.4 is 0 Å². The highest BCUT2D eigenvalue weighted by molar-refractivity contribution is 4.61. The first-order valence-corrected chi connectivity index (χ1v) is 5.49. The zero-order valence-electron chi connectivity index (χ0n) is 9.10. The number of unbranched alkanes of at least 4 members (excludes halogenated alkanes) is 1. The predicted octanol–water partition coefficient (Wildman–Crippen LogP) is 4.45. The van der Waals surface area contributed by atoms with Crippen molar-refractivity contribution in [2.45, 2.75) is 59.3 Å². The average molecular weight is 169 g/mol. The van der Waals surface area contributed by atoms with E-state index in [1.165, 1.54) is 38.5 Å². The minimum atomic E-state index is 0.712. The van der Waals surface area contributed by atoms with E-state index in [1.54, 1.807) is 0 Å². The van der Waals surface area contributed by atoms with Crippen molar-refractivity contribution < 1.29 is 0 Å². The molecular weight excluding hydrogens is 144 g/mol. The summed E-state index contributed by atoms with van der Waals surface area (Å²) in [5, 5.41) is 0. The second-order valence-electron chi connectivity index (χ2n) is 4.33. The zero-order chi connectivity index (χ0) is 9.40. The van der Waals surface area contributed by atoms with Gasteiger partial charge in [0.15, 0.2) is 0 Å². The van der Waals surface area contributed by atoms with Gasteiger partial charge in [-0.1, -0.05) is 66.2 Å². The third kappa shape index (κ3) is 8.10. The van der Waals surface area contributed by atoms with E-state index >= 15 is 0 Å². The van der Waals surface area contributed by atoms with E-state index in [0.717, 1.165) is 5.92 Å². The molecule has 0 heterocycles. The Labute approximate surface area is 78.8 Å². The van der Waals surface area contributed by atoms with Gasteiger partial charge in [0.05, 0.1) is 0 Å². The van der Waals surface area contributed by atoms with Crippen molar-refractivity contribution in [2.75, 3.05) is 0 Å². The fourth-order valence-corrected chi connectivity index (χ4v) is 1.45. The van der Waals surface area contributed by atoms with E-state index < -0.39 is 0 Å². The smallest absolute Gasteiger partial charge is 0.0414 e. The maximum absolute atomic E-state index is 4.17. The first kappa shape index (κ1) is 12.0. The molecule has 0 aromatic carbocycles. The normalized spacial score (nSPS) is 13.8. The van der Waals surface area contributed by atoms with Gasteiger partial charge < -0.3 is 0 Å². The van der Waals surface area contributed by atoms with Crippen LogP contribution in [-0.4, -0.2) is 0 Å². The topological polar surface area (TPSA) is 0 Å². The monoisotopic (exact) mass is 169 g/mol. The van der Waals surface area contributed by atoms with Gasteiger partial charge in [-0.15, -0.1) is 0 Å². The van der Waals surface area contributed by atoms with E-state index in [2.05, 4.69) is 27.7 Å². The summed E-state index contributed by atoms with van der Waals surface area (Å²) >= 11 is 0. The van der Waals surface area contributed by atoms with Crippen LogP contribution in [0.25, 0.3) is 0 Å². The van der Waals surface area contributed by atoms with Crippen LogP contribution in [0.15, 0.2) is 0 Å². The SMILES string of the molecule is [CH2]C(CCCC)CCCC(C)C. The lowest BCUT2D eigenvalue weighted by Gasteiger charge is -2.10. The van der Waals surface area contributed by atoms with Crippen LogP contribution in [0.4, 0.5) is 0 Å². The highest BCUT2D eigenvalue weighted by atomic mass is 14.1. The van der Waals surface area contributed by atoms with Crippen LogP contribution in [0.5, 0.6) is 0 Å². The first-order chi connectivity index (χ1) is 5.66. The molecule has 0 N–H and O–H groups in total. The van der Waals surface area contributed by atoms with Crippen LogP contribution in [0.2, 0.25) is 0 Å². The van der Waals surface area contributed by atoms with E-state index in [9.17, 15) is 0 Å². The molecule has 0 aromatic rings. The largest absolute Gasteiger partial charge is 0.0654 e. The highest BCUT2D eigenvalue weighted by Crippen LogP contribution is 2.16. The fraction of sp³-hybridized carbons (Fsp3) is 0.917. The van der Waals surface area contributed by atoms with Crippen LogP contribution >= 0.6 is 0 Å². The molecule has 0 rings (SSSR count). The molecule has 0 saturated heterocycles. The molecule has 0 bridgehead atoms. The lowest BCUT2D eigenvalue weighted by molar-refractivity contribution is 0.454. The van der Waals surface area contributed by atoms with Crippen LogP contribution in [0, 0.1) is 18.8 Å². The van der Waals surface area contributed by atoms with Gasteiger partial charge in [0.2, 0.25) is 0 Å². The van der Waals surface area contributed by atoms with Crippen molar-refractivity contribution in [3.05, 3.63) is 6.92 Å². The van der Waals surface area contributed by atoms with Gasteiger partial charge in [0.1, 0.15) is 0 Å². The molecule has 0 aromatic heterocycles. The number of hydrogen-bond acceptors (Lipinski definition) is 0. The molecule has 0 aliphatic heterocycles. The number of rotatable bonds is 7. The molecule has 0 aliphatic carbocycles. The Balaban J connectivity index is 3.13. The second kappa shape index (κ2) is 7.64. The number of hydrogen-bond donors (Lipinski definition) is 0. The van der Waals surface area contributed by atoms with Gasteiger partial charge in [-0.3, -0.25) is 0 Å². The summed E-state index contributed by atoms with van der Waals surface area (Å²) in [5.74, 6) is 1.58. The van der Waals surface area contributed by atoms with E-state index in [-0.39, 0.29) is 0 Å². The van der Waals surface area contributed by atoms with Gasteiger partial charge in [-0.05, 0) is 11.8 Å². The molecule has 0 fully saturated rings. The van der Waals surface area contributed by atoms with Crippen molar-refractivity contribution in [1.29, 1.82) is 0 Å². The second-order valence-corrected chi connectivity index (χ2v) is 4.33. The molecular formula is C12H25. The van der Waals surface area contributed by atoms with E-state index in [0.29, 0.717) is 5.92 Å². The molecule has 0 aliphatic rings. The summed E-state index contributed by atoms with van der Waals surface area (Å²) in [4.78, 5) is 0. The van der Waals surface area contributed by atoms with Crippen molar-refractivity contribution in [3.8, 4) is 0 Å². The molecule has 1 unspecified atom stereocenters. The molecule has 1 atom stereocenters. The summed E-state index contributed by atoms with van der Waals surface area (Å²) in [6.07, 6.45) is 8.08. The molecule has 73 valence electrons. The quantitative estimate of drug-likeness (QED) is 0.528. The van der Waals surface area contributed by atoms with Crippen LogP contribution in [0.3, 0.4) is 0 Å². The zero-order valence-corrected chi connectivity index (χ0v) is 9.10. The minimum Gasteiger partial charge on any atom is -0.0654 e. The van der Waals surface area contributed by atoms with E-state index in [1.807, 2.05) is 0 Å². The molecule has 0 heteroatoms. The first-order valence-electron chi connectivity index (χ1n) is 5.49. The van der Waals surface area contributed by atoms with Gasteiger partial charge in [0.25, 0.3) is 0 Å².